The van der Waals surface area contributed by atoms with Crippen molar-refractivity contribution in [3.8, 4) is 0 Å². The Labute approximate surface area is 119 Å². The van der Waals surface area contributed by atoms with Crippen molar-refractivity contribution in [2.75, 3.05) is 11.9 Å². The van der Waals surface area contributed by atoms with E-state index in [0.29, 0.717) is 5.02 Å². The van der Waals surface area contributed by atoms with Gasteiger partial charge in [-0.3, -0.25) is 0 Å². The van der Waals surface area contributed by atoms with Crippen molar-refractivity contribution in [3.05, 3.63) is 65.2 Å². The van der Waals surface area contributed by atoms with Crippen LogP contribution in [0, 0.1) is 0 Å². The van der Waals surface area contributed by atoms with Crippen molar-refractivity contribution in [3.63, 3.8) is 0 Å². The monoisotopic (exact) mass is 275 g/mol. The molecule has 0 aliphatic rings. The number of nitrogens with one attached hydrogen (secondary N) is 1. The van der Waals surface area contributed by atoms with Crippen molar-refractivity contribution in [2.45, 2.75) is 18.9 Å². The van der Waals surface area contributed by atoms with E-state index in [9.17, 15) is 5.11 Å². The molecule has 2 N–H and O–H groups in total. The molecule has 1 atom stereocenters. The van der Waals surface area contributed by atoms with Gasteiger partial charge >= 0.3 is 0 Å². The molecular formula is C16H18ClNO. The molecule has 19 heavy (non-hydrogen) atoms. The Kier molecular flexibility index (Phi) is 5.25. The Morgan fingerprint density at radius 2 is 1.68 bits per heavy atom. The summed E-state index contributed by atoms with van der Waals surface area (Å²) in [5, 5.41) is 13.4. The van der Waals surface area contributed by atoms with Crippen LogP contribution in [0.4, 0.5) is 5.69 Å². The van der Waals surface area contributed by atoms with E-state index in [-0.39, 0.29) is 12.6 Å². The predicted octanol–water partition coefficient (Wildman–Crippen LogP) is 3.75. The molecule has 0 saturated heterocycles. The summed E-state index contributed by atoms with van der Waals surface area (Å²) in [6, 6.07) is 17.9. The third kappa shape index (κ3) is 4.27. The fraction of sp³-hybridized carbons (Fsp3) is 0.250. The average Bonchev–Trinajstić information content (AvgIpc) is 2.46. The highest BCUT2D eigenvalue weighted by molar-refractivity contribution is 6.33. The SMILES string of the molecule is OCC(CCc1ccccc1)Nc1ccccc1Cl. The second-order valence-corrected chi connectivity index (χ2v) is 4.94. The van der Waals surface area contributed by atoms with Crippen molar-refractivity contribution < 1.29 is 5.11 Å². The van der Waals surface area contributed by atoms with E-state index in [1.165, 1.54) is 5.56 Å². The normalized spacial score (nSPS) is 12.1. The molecule has 0 saturated carbocycles. The predicted molar refractivity (Wildman–Crippen MR) is 80.7 cm³/mol. The van der Waals surface area contributed by atoms with Crippen LogP contribution in [0.1, 0.15) is 12.0 Å². The molecule has 0 aromatic heterocycles. The van der Waals surface area contributed by atoms with Crippen molar-refractivity contribution in [1.82, 2.24) is 0 Å². The second kappa shape index (κ2) is 7.17. The lowest BCUT2D eigenvalue weighted by molar-refractivity contribution is 0.269. The maximum atomic E-state index is 9.45. The zero-order chi connectivity index (χ0) is 13.5. The highest BCUT2D eigenvalue weighted by Gasteiger charge is 2.09. The number of hydrogen-bond donors (Lipinski definition) is 2. The van der Waals surface area contributed by atoms with Gasteiger partial charge in [0.15, 0.2) is 0 Å². The minimum atomic E-state index is 0.0140. The van der Waals surface area contributed by atoms with Crippen LogP contribution in [-0.4, -0.2) is 17.8 Å². The molecule has 2 aromatic carbocycles. The number of aryl methyl sites for hydroxylation is 1. The quantitative estimate of drug-likeness (QED) is 0.842. The molecule has 0 bridgehead atoms. The van der Waals surface area contributed by atoms with Gasteiger partial charge in [-0.05, 0) is 30.5 Å². The molecule has 0 aliphatic heterocycles. The minimum Gasteiger partial charge on any atom is -0.394 e. The lowest BCUT2D eigenvalue weighted by Gasteiger charge is -2.18. The van der Waals surface area contributed by atoms with Gasteiger partial charge in [-0.2, -0.15) is 0 Å². The van der Waals surface area contributed by atoms with E-state index in [1.54, 1.807) is 0 Å². The number of aliphatic hydroxyl groups excluding tert-OH is 1. The molecule has 100 valence electrons. The van der Waals surface area contributed by atoms with Crippen molar-refractivity contribution >= 4 is 17.3 Å². The Hall–Kier alpha value is -1.51. The van der Waals surface area contributed by atoms with Crippen LogP contribution < -0.4 is 5.32 Å². The molecule has 0 amide bonds. The Bertz CT molecular complexity index is 501. The van der Waals surface area contributed by atoms with Gasteiger partial charge < -0.3 is 10.4 Å². The first-order valence-electron chi connectivity index (χ1n) is 6.45. The molecule has 0 aliphatic carbocycles. The zero-order valence-corrected chi connectivity index (χ0v) is 11.5. The standard InChI is InChI=1S/C16H18ClNO/c17-15-8-4-5-9-16(15)18-14(12-19)11-10-13-6-2-1-3-7-13/h1-9,14,18-19H,10-12H2. The zero-order valence-electron chi connectivity index (χ0n) is 10.7. The molecule has 3 heteroatoms. The smallest absolute Gasteiger partial charge is 0.0637 e. The fourth-order valence-electron chi connectivity index (χ4n) is 1.99. The first-order chi connectivity index (χ1) is 9.29. The van der Waals surface area contributed by atoms with Crippen LogP contribution in [0.2, 0.25) is 5.02 Å². The van der Waals surface area contributed by atoms with E-state index in [1.807, 2.05) is 42.5 Å². The summed E-state index contributed by atoms with van der Waals surface area (Å²) in [5.74, 6) is 0. The third-order valence-electron chi connectivity index (χ3n) is 3.08. The molecule has 0 heterocycles. The number of hydrogen-bond acceptors (Lipinski definition) is 2. The summed E-state index contributed by atoms with van der Waals surface area (Å²) in [4.78, 5) is 0. The van der Waals surface area contributed by atoms with E-state index >= 15 is 0 Å². The van der Waals surface area contributed by atoms with Crippen LogP contribution in [0.3, 0.4) is 0 Å². The lowest BCUT2D eigenvalue weighted by Crippen LogP contribution is -2.24. The Morgan fingerprint density at radius 3 is 2.37 bits per heavy atom. The number of rotatable bonds is 6. The second-order valence-electron chi connectivity index (χ2n) is 4.53. The van der Waals surface area contributed by atoms with Gasteiger partial charge in [0.25, 0.3) is 0 Å². The molecule has 0 radical (unpaired) electrons. The molecule has 2 rings (SSSR count). The van der Waals surface area contributed by atoms with E-state index in [4.69, 9.17) is 11.6 Å². The van der Waals surface area contributed by atoms with Gasteiger partial charge in [-0.1, -0.05) is 54.1 Å². The molecule has 2 nitrogen and oxygen atoms in total. The number of benzene rings is 2. The lowest BCUT2D eigenvalue weighted by atomic mass is 10.1. The van der Waals surface area contributed by atoms with Crippen LogP contribution in [0.5, 0.6) is 0 Å². The van der Waals surface area contributed by atoms with Gasteiger partial charge in [0.1, 0.15) is 0 Å². The van der Waals surface area contributed by atoms with Gasteiger partial charge in [0, 0.05) is 6.04 Å². The van der Waals surface area contributed by atoms with Crippen LogP contribution in [0.15, 0.2) is 54.6 Å². The summed E-state index contributed by atoms with van der Waals surface area (Å²) < 4.78 is 0. The van der Waals surface area contributed by atoms with E-state index < -0.39 is 0 Å². The minimum absolute atomic E-state index is 0.0140. The molecule has 0 fully saturated rings. The topological polar surface area (TPSA) is 32.3 Å². The van der Waals surface area contributed by atoms with E-state index in [0.717, 1.165) is 18.5 Å². The molecular weight excluding hydrogens is 258 g/mol. The van der Waals surface area contributed by atoms with Gasteiger partial charge in [0.05, 0.1) is 17.3 Å². The number of anilines is 1. The number of aliphatic hydroxyl groups is 1. The van der Waals surface area contributed by atoms with Gasteiger partial charge in [0.2, 0.25) is 0 Å². The summed E-state index contributed by atoms with van der Waals surface area (Å²) >= 11 is 6.10. The van der Waals surface area contributed by atoms with Gasteiger partial charge in [-0.25, -0.2) is 0 Å². The number of halogens is 1. The first kappa shape index (κ1) is 13.9. The van der Waals surface area contributed by atoms with Crippen LogP contribution in [0.25, 0.3) is 0 Å². The van der Waals surface area contributed by atoms with Crippen LogP contribution >= 0.6 is 11.6 Å². The van der Waals surface area contributed by atoms with E-state index in [2.05, 4.69) is 17.4 Å². The molecule has 2 aromatic rings. The van der Waals surface area contributed by atoms with Crippen LogP contribution in [-0.2, 0) is 6.42 Å². The largest absolute Gasteiger partial charge is 0.394 e. The Balaban J connectivity index is 1.92. The Morgan fingerprint density at radius 1 is 1.00 bits per heavy atom. The van der Waals surface area contributed by atoms with Crippen molar-refractivity contribution in [2.24, 2.45) is 0 Å². The average molecular weight is 276 g/mol. The molecule has 0 spiro atoms. The fourth-order valence-corrected chi connectivity index (χ4v) is 2.18. The maximum absolute atomic E-state index is 9.45. The summed E-state index contributed by atoms with van der Waals surface area (Å²) in [6.45, 7) is 0.0953. The summed E-state index contributed by atoms with van der Waals surface area (Å²) in [5.41, 5.74) is 2.15. The van der Waals surface area contributed by atoms with Gasteiger partial charge in [-0.15, -0.1) is 0 Å². The third-order valence-corrected chi connectivity index (χ3v) is 3.41. The summed E-state index contributed by atoms with van der Waals surface area (Å²) in [7, 11) is 0. The van der Waals surface area contributed by atoms with Crippen molar-refractivity contribution in [1.29, 1.82) is 0 Å². The highest BCUT2D eigenvalue weighted by Crippen LogP contribution is 2.22. The maximum Gasteiger partial charge on any atom is 0.0637 e. The first-order valence-corrected chi connectivity index (χ1v) is 6.83. The highest BCUT2D eigenvalue weighted by atomic mass is 35.5. The summed E-state index contributed by atoms with van der Waals surface area (Å²) in [6.07, 6.45) is 1.80. The molecule has 1 unspecified atom stereocenters. The number of para-hydroxylation sites is 1.